The van der Waals surface area contributed by atoms with Crippen LogP contribution in [-0.4, -0.2) is 66.2 Å². The highest BCUT2D eigenvalue weighted by atomic mass is 32.2. The van der Waals surface area contributed by atoms with Crippen molar-refractivity contribution in [1.29, 1.82) is 0 Å². The molecule has 1 saturated heterocycles. The van der Waals surface area contributed by atoms with E-state index in [0.717, 1.165) is 11.3 Å². The average Bonchev–Trinajstić information content (AvgIpc) is 3.41. The van der Waals surface area contributed by atoms with Crippen LogP contribution < -0.4 is 0 Å². The molecule has 0 aliphatic carbocycles. The van der Waals surface area contributed by atoms with Gasteiger partial charge in [-0.05, 0) is 18.6 Å². The van der Waals surface area contributed by atoms with E-state index in [1.54, 1.807) is 10.9 Å². The van der Waals surface area contributed by atoms with Gasteiger partial charge in [0.1, 0.15) is 11.3 Å². The summed E-state index contributed by atoms with van der Waals surface area (Å²) in [5, 5.41) is 4.57. The van der Waals surface area contributed by atoms with Crippen molar-refractivity contribution in [2.75, 3.05) is 25.2 Å². The number of carbonyl (C=O) groups is 2. The summed E-state index contributed by atoms with van der Waals surface area (Å²) in [5.74, 6) is -1.12. The van der Waals surface area contributed by atoms with Gasteiger partial charge in [-0.15, -0.1) is 0 Å². The van der Waals surface area contributed by atoms with E-state index in [1.165, 1.54) is 11.9 Å². The largest absolute Gasteiger partial charge is 0.452 e. The van der Waals surface area contributed by atoms with Gasteiger partial charge in [-0.25, -0.2) is 17.9 Å². The molecule has 1 fully saturated rings. The van der Waals surface area contributed by atoms with Gasteiger partial charge in [0.15, 0.2) is 16.4 Å². The van der Waals surface area contributed by atoms with E-state index in [2.05, 4.69) is 5.10 Å². The topological polar surface area (TPSA) is 98.6 Å². The second-order valence-electron chi connectivity index (χ2n) is 7.68. The first-order valence-corrected chi connectivity index (χ1v) is 12.0. The third-order valence-electron chi connectivity index (χ3n) is 5.48. The second kappa shape index (κ2) is 8.96. The number of benzene rings is 2. The maximum Gasteiger partial charge on any atom is 0.342 e. The number of sulfone groups is 1. The first-order chi connectivity index (χ1) is 15.3. The van der Waals surface area contributed by atoms with Gasteiger partial charge in [0.25, 0.3) is 5.91 Å². The maximum atomic E-state index is 12.9. The van der Waals surface area contributed by atoms with Gasteiger partial charge in [0.2, 0.25) is 0 Å². The Balaban J connectivity index is 1.52. The first kappa shape index (κ1) is 21.8. The van der Waals surface area contributed by atoms with Crippen LogP contribution >= 0.6 is 0 Å². The average molecular weight is 454 g/mol. The van der Waals surface area contributed by atoms with Gasteiger partial charge in [0, 0.05) is 24.8 Å². The van der Waals surface area contributed by atoms with Gasteiger partial charge < -0.3 is 9.64 Å². The Bertz CT molecular complexity index is 1220. The Hall–Kier alpha value is -3.46. The summed E-state index contributed by atoms with van der Waals surface area (Å²) in [7, 11) is -1.59. The first-order valence-electron chi connectivity index (χ1n) is 10.2. The van der Waals surface area contributed by atoms with Gasteiger partial charge in [-0.2, -0.15) is 5.10 Å². The lowest BCUT2D eigenvalue weighted by Gasteiger charge is -2.23. The molecule has 2 aromatic carbocycles. The Kier molecular flexibility index (Phi) is 6.09. The van der Waals surface area contributed by atoms with Crippen LogP contribution in [0.5, 0.6) is 0 Å². The van der Waals surface area contributed by atoms with Crippen molar-refractivity contribution in [3.8, 4) is 16.9 Å². The molecule has 1 aliphatic rings. The molecule has 2 heterocycles. The summed E-state index contributed by atoms with van der Waals surface area (Å²) in [6.07, 6.45) is 1.97. The second-order valence-corrected chi connectivity index (χ2v) is 9.90. The number of esters is 1. The highest BCUT2D eigenvalue weighted by Crippen LogP contribution is 2.24. The predicted molar refractivity (Wildman–Crippen MR) is 119 cm³/mol. The number of aromatic nitrogens is 2. The zero-order valence-corrected chi connectivity index (χ0v) is 18.4. The number of amides is 1. The molecule has 0 spiro atoms. The highest BCUT2D eigenvalue weighted by molar-refractivity contribution is 7.91. The van der Waals surface area contributed by atoms with Crippen molar-refractivity contribution in [2.45, 2.75) is 12.5 Å². The van der Waals surface area contributed by atoms with E-state index >= 15 is 0 Å². The van der Waals surface area contributed by atoms with E-state index in [9.17, 15) is 18.0 Å². The SMILES string of the molecule is CN(C(=O)COC(=O)c1cn(-c2ccccc2)nc1-c1ccccc1)C1CCS(=O)(=O)C1. The van der Waals surface area contributed by atoms with E-state index < -0.39 is 34.4 Å². The molecule has 0 saturated carbocycles. The zero-order valence-electron chi connectivity index (χ0n) is 17.5. The van der Waals surface area contributed by atoms with Gasteiger partial charge in [-0.3, -0.25) is 4.79 Å². The van der Waals surface area contributed by atoms with E-state index in [1.807, 2.05) is 60.7 Å². The summed E-state index contributed by atoms with van der Waals surface area (Å²) >= 11 is 0. The summed E-state index contributed by atoms with van der Waals surface area (Å²) in [4.78, 5) is 26.7. The monoisotopic (exact) mass is 453 g/mol. The highest BCUT2D eigenvalue weighted by Gasteiger charge is 2.33. The number of likely N-dealkylation sites (N-methyl/N-ethyl adjacent to an activating group) is 1. The number of carbonyl (C=O) groups excluding carboxylic acids is 2. The molecular weight excluding hydrogens is 430 g/mol. The zero-order chi connectivity index (χ0) is 22.7. The molecule has 0 N–H and O–H groups in total. The van der Waals surface area contributed by atoms with Crippen molar-refractivity contribution in [3.05, 3.63) is 72.4 Å². The molecule has 3 aromatic rings. The fourth-order valence-electron chi connectivity index (χ4n) is 3.64. The van der Waals surface area contributed by atoms with E-state index in [-0.39, 0.29) is 17.1 Å². The number of para-hydroxylation sites is 1. The summed E-state index contributed by atoms with van der Waals surface area (Å²) in [5.41, 5.74) is 2.21. The van der Waals surface area contributed by atoms with Crippen molar-refractivity contribution in [1.82, 2.24) is 14.7 Å². The Morgan fingerprint density at radius 1 is 1.09 bits per heavy atom. The van der Waals surface area contributed by atoms with Crippen molar-refractivity contribution in [2.24, 2.45) is 0 Å². The molecule has 1 aromatic heterocycles. The number of nitrogens with zero attached hydrogens (tertiary/aromatic N) is 3. The molecule has 1 amide bonds. The molecule has 4 rings (SSSR count). The molecule has 1 unspecified atom stereocenters. The standard InChI is InChI=1S/C23H23N3O5S/c1-25(19-12-13-32(29,30)16-19)21(27)15-31-23(28)20-14-26(18-10-6-3-7-11-18)24-22(20)17-8-4-2-5-9-17/h2-11,14,19H,12-13,15-16H2,1H3. The van der Waals surface area contributed by atoms with Crippen molar-refractivity contribution >= 4 is 21.7 Å². The predicted octanol–water partition coefficient (Wildman–Crippen LogP) is 2.34. The Labute approximate surface area is 186 Å². The van der Waals surface area contributed by atoms with Crippen LogP contribution in [-0.2, 0) is 19.4 Å². The lowest BCUT2D eigenvalue weighted by molar-refractivity contribution is -0.134. The van der Waals surface area contributed by atoms with Crippen LogP contribution in [0.3, 0.4) is 0 Å². The fourth-order valence-corrected chi connectivity index (χ4v) is 5.41. The number of ether oxygens (including phenoxy) is 1. The quantitative estimate of drug-likeness (QED) is 0.532. The minimum atomic E-state index is -3.12. The van der Waals surface area contributed by atoms with Gasteiger partial charge >= 0.3 is 5.97 Å². The molecule has 1 aliphatic heterocycles. The lowest BCUT2D eigenvalue weighted by atomic mass is 10.1. The third kappa shape index (κ3) is 4.72. The molecule has 32 heavy (non-hydrogen) atoms. The normalized spacial score (nSPS) is 17.1. The van der Waals surface area contributed by atoms with Gasteiger partial charge in [-0.1, -0.05) is 48.5 Å². The molecular formula is C23H23N3O5S. The van der Waals surface area contributed by atoms with E-state index in [0.29, 0.717) is 12.1 Å². The Morgan fingerprint density at radius 3 is 2.38 bits per heavy atom. The fraction of sp³-hybridized carbons (Fsp3) is 0.261. The minimum absolute atomic E-state index is 0.0637. The molecule has 166 valence electrons. The molecule has 1 atom stereocenters. The van der Waals surface area contributed by atoms with Crippen LogP contribution in [0.4, 0.5) is 0 Å². The van der Waals surface area contributed by atoms with Gasteiger partial charge in [0.05, 0.1) is 17.2 Å². The molecule has 0 bridgehead atoms. The van der Waals surface area contributed by atoms with Crippen LogP contribution in [0.25, 0.3) is 16.9 Å². The number of hydrogen-bond acceptors (Lipinski definition) is 6. The third-order valence-corrected chi connectivity index (χ3v) is 7.23. The van der Waals surface area contributed by atoms with Crippen LogP contribution in [0.2, 0.25) is 0 Å². The molecule has 8 nitrogen and oxygen atoms in total. The van der Waals surface area contributed by atoms with E-state index in [4.69, 9.17) is 4.74 Å². The smallest absolute Gasteiger partial charge is 0.342 e. The summed E-state index contributed by atoms with van der Waals surface area (Å²) < 4.78 is 30.3. The molecule has 9 heteroatoms. The van der Waals surface area contributed by atoms with Crippen LogP contribution in [0, 0.1) is 0 Å². The summed E-state index contributed by atoms with van der Waals surface area (Å²) in [6.45, 7) is -0.476. The maximum absolute atomic E-state index is 12.9. The molecule has 0 radical (unpaired) electrons. The minimum Gasteiger partial charge on any atom is -0.452 e. The van der Waals surface area contributed by atoms with Crippen LogP contribution in [0.15, 0.2) is 66.9 Å². The van der Waals surface area contributed by atoms with Crippen molar-refractivity contribution < 1.29 is 22.7 Å². The van der Waals surface area contributed by atoms with Crippen LogP contribution in [0.1, 0.15) is 16.8 Å². The van der Waals surface area contributed by atoms with Crippen molar-refractivity contribution in [3.63, 3.8) is 0 Å². The summed E-state index contributed by atoms with van der Waals surface area (Å²) in [6, 6.07) is 18.2. The number of hydrogen-bond donors (Lipinski definition) is 0. The lowest BCUT2D eigenvalue weighted by Crippen LogP contribution is -2.40. The number of rotatable bonds is 6. The Morgan fingerprint density at radius 2 is 1.75 bits per heavy atom.